The molecule has 0 saturated heterocycles. The van der Waals surface area contributed by atoms with E-state index >= 15 is 0 Å². The van der Waals surface area contributed by atoms with Crippen molar-refractivity contribution < 1.29 is 13.9 Å². The highest BCUT2D eigenvalue weighted by Gasteiger charge is 2.21. The van der Waals surface area contributed by atoms with Gasteiger partial charge in [0.2, 0.25) is 0 Å². The Morgan fingerprint density at radius 1 is 1.16 bits per heavy atom. The maximum Gasteiger partial charge on any atom is 0.333 e. The van der Waals surface area contributed by atoms with E-state index in [1.54, 1.807) is 18.7 Å². The molecular formula is C26H31NO3S. The van der Waals surface area contributed by atoms with E-state index < -0.39 is 0 Å². The standard InChI is InChI=1S/C26H31NO3S/c1-7-19-10-12-21(22(8-2)27-19)24-13-18-9-11-20(14-23(18)30-24)31-16-26(5,6)15-29-25(28)17(3)4/h9-14H,3,7-8,15-16H2,1-2,4-6H3. The third-order valence-electron chi connectivity index (χ3n) is 5.06. The van der Waals surface area contributed by atoms with Gasteiger partial charge in [0, 0.05) is 38.3 Å². The van der Waals surface area contributed by atoms with Crippen molar-refractivity contribution in [2.75, 3.05) is 12.4 Å². The van der Waals surface area contributed by atoms with E-state index in [1.807, 2.05) is 0 Å². The van der Waals surface area contributed by atoms with Gasteiger partial charge >= 0.3 is 5.97 Å². The molecule has 0 fully saturated rings. The number of furan rings is 1. The minimum absolute atomic E-state index is 0.151. The number of fused-ring (bicyclic) bond motifs is 1. The number of pyridine rings is 1. The number of carbonyl (C=O) groups is 1. The molecule has 0 aliphatic carbocycles. The van der Waals surface area contributed by atoms with Gasteiger partial charge in [-0.2, -0.15) is 0 Å². The topological polar surface area (TPSA) is 52.3 Å². The molecule has 164 valence electrons. The van der Waals surface area contributed by atoms with Crippen LogP contribution in [-0.4, -0.2) is 23.3 Å². The fraction of sp³-hybridized carbons (Fsp3) is 0.385. The van der Waals surface area contributed by atoms with Gasteiger partial charge in [-0.05, 0) is 56.2 Å². The minimum atomic E-state index is -0.337. The summed E-state index contributed by atoms with van der Waals surface area (Å²) in [4.78, 5) is 17.6. The summed E-state index contributed by atoms with van der Waals surface area (Å²) in [5.74, 6) is 1.34. The van der Waals surface area contributed by atoms with Crippen LogP contribution in [0.15, 0.2) is 57.9 Å². The SMILES string of the molecule is C=C(C)C(=O)OCC(C)(C)CSc1ccc2cc(-c3ccc(CC)nc3CC)oc2c1. The molecule has 31 heavy (non-hydrogen) atoms. The molecular weight excluding hydrogens is 406 g/mol. The lowest BCUT2D eigenvalue weighted by atomic mass is 9.98. The molecule has 5 heteroatoms. The van der Waals surface area contributed by atoms with Gasteiger partial charge < -0.3 is 9.15 Å². The Balaban J connectivity index is 1.74. The molecule has 0 radical (unpaired) electrons. The van der Waals surface area contributed by atoms with Gasteiger partial charge in [-0.1, -0.05) is 34.3 Å². The first-order valence-electron chi connectivity index (χ1n) is 10.7. The highest BCUT2D eigenvalue weighted by Crippen LogP contribution is 2.34. The zero-order valence-corrected chi connectivity index (χ0v) is 19.9. The lowest BCUT2D eigenvalue weighted by molar-refractivity contribution is -0.141. The highest BCUT2D eigenvalue weighted by molar-refractivity contribution is 7.99. The summed E-state index contributed by atoms with van der Waals surface area (Å²) in [5, 5.41) is 1.08. The van der Waals surface area contributed by atoms with Gasteiger partial charge in [0.1, 0.15) is 11.3 Å². The van der Waals surface area contributed by atoms with Crippen molar-refractivity contribution in [3.05, 3.63) is 59.9 Å². The number of benzene rings is 1. The number of esters is 1. The smallest absolute Gasteiger partial charge is 0.333 e. The molecule has 0 saturated carbocycles. The third-order valence-corrected chi connectivity index (χ3v) is 6.57. The Morgan fingerprint density at radius 2 is 1.94 bits per heavy atom. The number of aromatic nitrogens is 1. The van der Waals surface area contributed by atoms with Gasteiger partial charge in [-0.15, -0.1) is 11.8 Å². The highest BCUT2D eigenvalue weighted by atomic mass is 32.2. The molecule has 0 unspecified atom stereocenters. The number of hydrogen-bond donors (Lipinski definition) is 0. The van der Waals surface area contributed by atoms with Crippen LogP contribution in [0.4, 0.5) is 0 Å². The van der Waals surface area contributed by atoms with E-state index in [0.717, 1.165) is 57.2 Å². The number of nitrogens with zero attached hydrogens (tertiary/aromatic N) is 1. The first-order valence-corrected chi connectivity index (χ1v) is 11.7. The monoisotopic (exact) mass is 437 g/mol. The maximum absolute atomic E-state index is 11.7. The van der Waals surface area contributed by atoms with Crippen LogP contribution in [0.3, 0.4) is 0 Å². The number of hydrogen-bond acceptors (Lipinski definition) is 5. The molecule has 0 aliphatic rings. The molecule has 2 aromatic heterocycles. The van der Waals surface area contributed by atoms with E-state index in [9.17, 15) is 4.79 Å². The van der Waals surface area contributed by atoms with Crippen molar-refractivity contribution in [2.24, 2.45) is 5.41 Å². The molecule has 0 spiro atoms. The summed E-state index contributed by atoms with van der Waals surface area (Å²) in [7, 11) is 0. The predicted octanol–water partition coefficient (Wildman–Crippen LogP) is 6.86. The van der Waals surface area contributed by atoms with Crippen LogP contribution in [-0.2, 0) is 22.4 Å². The molecule has 1 aromatic carbocycles. The predicted molar refractivity (Wildman–Crippen MR) is 128 cm³/mol. The van der Waals surface area contributed by atoms with E-state index in [2.05, 4.69) is 70.7 Å². The minimum Gasteiger partial charge on any atom is -0.462 e. The molecule has 0 aliphatic heterocycles. The van der Waals surface area contributed by atoms with Crippen LogP contribution >= 0.6 is 11.8 Å². The summed E-state index contributed by atoms with van der Waals surface area (Å²) >= 11 is 1.73. The Kier molecular flexibility index (Phi) is 7.26. The number of ether oxygens (including phenoxy) is 1. The number of rotatable bonds is 9. The first kappa shape index (κ1) is 23.1. The molecule has 0 amide bonds. The Hall–Kier alpha value is -2.53. The van der Waals surface area contributed by atoms with Crippen LogP contribution in [0.2, 0.25) is 0 Å². The average molecular weight is 438 g/mol. The Bertz CT molecular complexity index is 1100. The fourth-order valence-electron chi connectivity index (χ4n) is 3.18. The second-order valence-electron chi connectivity index (χ2n) is 8.62. The Morgan fingerprint density at radius 3 is 2.61 bits per heavy atom. The van der Waals surface area contributed by atoms with Gasteiger partial charge in [0.05, 0.1) is 12.3 Å². The summed E-state index contributed by atoms with van der Waals surface area (Å²) in [6.45, 7) is 14.1. The van der Waals surface area contributed by atoms with Crippen LogP contribution in [0.5, 0.6) is 0 Å². The van der Waals surface area contributed by atoms with Gasteiger partial charge in [-0.3, -0.25) is 4.98 Å². The molecule has 0 atom stereocenters. The second kappa shape index (κ2) is 9.73. The number of carbonyl (C=O) groups excluding carboxylic acids is 1. The van der Waals surface area contributed by atoms with Crippen molar-refractivity contribution >= 4 is 28.7 Å². The quantitative estimate of drug-likeness (QED) is 0.208. The summed E-state index contributed by atoms with van der Waals surface area (Å²) in [6.07, 6.45) is 1.79. The third kappa shape index (κ3) is 5.79. The Labute approximate surface area is 189 Å². The molecule has 4 nitrogen and oxygen atoms in total. The molecule has 3 rings (SSSR count). The lowest BCUT2D eigenvalue weighted by Crippen LogP contribution is -2.24. The van der Waals surface area contributed by atoms with E-state index in [0.29, 0.717) is 12.2 Å². The largest absolute Gasteiger partial charge is 0.462 e. The van der Waals surface area contributed by atoms with Crippen molar-refractivity contribution in [3.8, 4) is 11.3 Å². The van der Waals surface area contributed by atoms with E-state index in [4.69, 9.17) is 14.1 Å². The van der Waals surface area contributed by atoms with Gasteiger partial charge in [0.25, 0.3) is 0 Å². The van der Waals surface area contributed by atoms with Crippen molar-refractivity contribution in [1.29, 1.82) is 0 Å². The molecule has 3 aromatic rings. The van der Waals surface area contributed by atoms with E-state index in [1.165, 1.54) is 0 Å². The van der Waals surface area contributed by atoms with Gasteiger partial charge in [-0.25, -0.2) is 4.79 Å². The molecule has 0 bridgehead atoms. The molecule has 2 heterocycles. The van der Waals surface area contributed by atoms with Crippen LogP contribution in [0.25, 0.3) is 22.3 Å². The van der Waals surface area contributed by atoms with Crippen LogP contribution < -0.4 is 0 Å². The zero-order valence-electron chi connectivity index (χ0n) is 19.1. The second-order valence-corrected chi connectivity index (χ2v) is 9.67. The van der Waals surface area contributed by atoms with E-state index in [-0.39, 0.29) is 11.4 Å². The van der Waals surface area contributed by atoms with Crippen molar-refractivity contribution in [3.63, 3.8) is 0 Å². The summed E-state index contributed by atoms with van der Waals surface area (Å²) in [6, 6.07) is 12.6. The zero-order chi connectivity index (χ0) is 22.6. The first-order chi connectivity index (χ1) is 14.7. The van der Waals surface area contributed by atoms with Crippen molar-refractivity contribution in [2.45, 2.75) is 52.4 Å². The maximum atomic E-state index is 11.7. The fourth-order valence-corrected chi connectivity index (χ4v) is 4.17. The van der Waals surface area contributed by atoms with Crippen molar-refractivity contribution in [1.82, 2.24) is 4.98 Å². The van der Waals surface area contributed by atoms with Crippen LogP contribution in [0, 0.1) is 5.41 Å². The lowest BCUT2D eigenvalue weighted by Gasteiger charge is -2.23. The van der Waals surface area contributed by atoms with Gasteiger partial charge in [0.15, 0.2) is 0 Å². The summed E-state index contributed by atoms with van der Waals surface area (Å²) < 4.78 is 11.6. The normalized spacial score (nSPS) is 11.6. The average Bonchev–Trinajstić information content (AvgIpc) is 3.18. The molecule has 0 N–H and O–H groups in total. The number of thioether (sulfide) groups is 1. The number of aryl methyl sites for hydroxylation is 2. The van der Waals surface area contributed by atoms with Crippen LogP contribution in [0.1, 0.15) is 46.0 Å². The summed E-state index contributed by atoms with van der Waals surface area (Å²) in [5.41, 5.74) is 4.37.